The van der Waals surface area contributed by atoms with Crippen molar-refractivity contribution in [2.45, 2.75) is 19.6 Å². The highest BCUT2D eigenvalue weighted by Gasteiger charge is 2.29. The predicted molar refractivity (Wildman–Crippen MR) is 93.0 cm³/mol. The molecule has 136 valence electrons. The van der Waals surface area contributed by atoms with Crippen molar-refractivity contribution in [2.75, 3.05) is 19.7 Å². The van der Waals surface area contributed by atoms with Gasteiger partial charge in [0.2, 0.25) is 0 Å². The van der Waals surface area contributed by atoms with Crippen molar-refractivity contribution in [1.82, 2.24) is 9.88 Å². The molecule has 1 N–H and O–H groups in total. The van der Waals surface area contributed by atoms with Crippen LogP contribution in [-0.4, -0.2) is 52.7 Å². The van der Waals surface area contributed by atoms with Crippen LogP contribution < -0.4 is 4.74 Å². The van der Waals surface area contributed by atoms with Crippen molar-refractivity contribution in [1.29, 1.82) is 0 Å². The molecule has 0 aliphatic carbocycles. The molecule has 1 atom stereocenters. The van der Waals surface area contributed by atoms with Gasteiger partial charge in [0.15, 0.2) is 6.10 Å². The summed E-state index contributed by atoms with van der Waals surface area (Å²) in [5, 5.41) is 9.06. The number of nitrogens with zero attached hydrogens (tertiary/aromatic N) is 2. The zero-order valence-corrected chi connectivity index (χ0v) is 14.4. The topological polar surface area (TPSA) is 89.0 Å². The fourth-order valence-corrected chi connectivity index (χ4v) is 2.67. The maximum atomic E-state index is 12.7. The maximum absolute atomic E-state index is 12.7. The molecular formula is C19H20N2O5. The summed E-state index contributed by atoms with van der Waals surface area (Å²) in [4.78, 5) is 29.4. The molecule has 0 bridgehead atoms. The number of carboxylic acids is 1. The van der Waals surface area contributed by atoms with Crippen LogP contribution in [0.1, 0.15) is 21.6 Å². The number of ether oxygens (including phenoxy) is 2. The molecule has 1 aromatic heterocycles. The van der Waals surface area contributed by atoms with E-state index in [0.717, 1.165) is 11.3 Å². The molecule has 1 saturated heterocycles. The number of pyridine rings is 1. The largest absolute Gasteiger partial charge is 0.487 e. The highest BCUT2D eigenvalue weighted by molar-refractivity contribution is 5.94. The lowest BCUT2D eigenvalue weighted by Crippen LogP contribution is -2.48. The summed E-state index contributed by atoms with van der Waals surface area (Å²) >= 11 is 0. The number of rotatable bonds is 5. The van der Waals surface area contributed by atoms with E-state index in [1.54, 1.807) is 24.4 Å². The summed E-state index contributed by atoms with van der Waals surface area (Å²) in [5.74, 6) is -0.612. The number of aromatic nitrogens is 1. The van der Waals surface area contributed by atoms with Crippen molar-refractivity contribution in [3.05, 3.63) is 59.4 Å². The molecule has 1 unspecified atom stereocenters. The first kappa shape index (κ1) is 17.9. The van der Waals surface area contributed by atoms with Crippen molar-refractivity contribution in [3.63, 3.8) is 0 Å². The summed E-state index contributed by atoms with van der Waals surface area (Å²) in [6.07, 6.45) is 0.678. The Hall–Kier alpha value is -2.93. The quantitative estimate of drug-likeness (QED) is 0.880. The third-order valence-corrected chi connectivity index (χ3v) is 4.09. The first-order chi connectivity index (χ1) is 12.5. The van der Waals surface area contributed by atoms with Crippen molar-refractivity contribution in [2.24, 2.45) is 0 Å². The Morgan fingerprint density at radius 3 is 2.92 bits per heavy atom. The van der Waals surface area contributed by atoms with Crippen LogP contribution in [0.15, 0.2) is 42.6 Å². The molecular weight excluding hydrogens is 336 g/mol. The van der Waals surface area contributed by atoms with Crippen molar-refractivity contribution in [3.8, 4) is 5.75 Å². The van der Waals surface area contributed by atoms with Crippen LogP contribution >= 0.6 is 0 Å². The normalized spacial score (nSPS) is 17.0. The Balaban J connectivity index is 1.65. The number of aliphatic carboxylic acids is 1. The van der Waals surface area contributed by atoms with Gasteiger partial charge in [0.1, 0.15) is 12.4 Å². The number of hydrogen-bond acceptors (Lipinski definition) is 5. The minimum absolute atomic E-state index is 0.0456. The SMILES string of the molecule is Cc1ccc(OCc2cccc(C(=O)N3CCOC(C(=O)O)C3)c2)cn1. The summed E-state index contributed by atoms with van der Waals surface area (Å²) in [5.41, 5.74) is 2.26. The van der Waals surface area contributed by atoms with Gasteiger partial charge >= 0.3 is 5.97 Å². The third kappa shape index (κ3) is 4.37. The van der Waals surface area contributed by atoms with E-state index < -0.39 is 12.1 Å². The van der Waals surface area contributed by atoms with Gasteiger partial charge in [-0.3, -0.25) is 9.78 Å². The Morgan fingerprint density at radius 2 is 2.19 bits per heavy atom. The van der Waals surface area contributed by atoms with E-state index in [4.69, 9.17) is 14.6 Å². The molecule has 7 nitrogen and oxygen atoms in total. The van der Waals surface area contributed by atoms with Crippen LogP contribution in [0.25, 0.3) is 0 Å². The number of morpholine rings is 1. The Kier molecular flexibility index (Phi) is 5.48. The van der Waals surface area contributed by atoms with Gasteiger partial charge in [-0.05, 0) is 36.8 Å². The minimum atomic E-state index is -1.06. The number of carbonyl (C=O) groups is 2. The lowest BCUT2D eigenvalue weighted by atomic mass is 10.1. The van der Waals surface area contributed by atoms with Crippen LogP contribution in [0.3, 0.4) is 0 Å². The molecule has 0 saturated carbocycles. The van der Waals surface area contributed by atoms with E-state index in [2.05, 4.69) is 4.98 Å². The van der Waals surface area contributed by atoms with Gasteiger partial charge < -0.3 is 19.5 Å². The fourth-order valence-electron chi connectivity index (χ4n) is 2.67. The Labute approximate surface area is 151 Å². The predicted octanol–water partition coefficient (Wildman–Crippen LogP) is 1.89. The molecule has 2 heterocycles. The fraction of sp³-hybridized carbons (Fsp3) is 0.316. The molecule has 1 aliphatic heterocycles. The summed E-state index contributed by atoms with van der Waals surface area (Å²) < 4.78 is 10.8. The standard InChI is InChI=1S/C19H20N2O5/c1-13-5-6-16(10-20-13)26-12-14-3-2-4-15(9-14)18(22)21-7-8-25-17(11-21)19(23)24/h2-6,9-10,17H,7-8,11-12H2,1H3,(H,23,24). The zero-order chi connectivity index (χ0) is 18.5. The number of carbonyl (C=O) groups excluding carboxylic acids is 1. The molecule has 0 radical (unpaired) electrons. The van der Waals surface area contributed by atoms with Gasteiger partial charge in [-0.2, -0.15) is 0 Å². The summed E-state index contributed by atoms with van der Waals surface area (Å²) in [6, 6.07) is 10.8. The first-order valence-corrected chi connectivity index (χ1v) is 8.31. The average Bonchev–Trinajstić information content (AvgIpc) is 2.67. The first-order valence-electron chi connectivity index (χ1n) is 8.31. The van der Waals surface area contributed by atoms with E-state index in [9.17, 15) is 9.59 Å². The van der Waals surface area contributed by atoms with Crippen LogP contribution in [0.5, 0.6) is 5.75 Å². The van der Waals surface area contributed by atoms with Crippen LogP contribution in [0.4, 0.5) is 0 Å². The van der Waals surface area contributed by atoms with Gasteiger partial charge in [-0.25, -0.2) is 4.79 Å². The lowest BCUT2D eigenvalue weighted by Gasteiger charge is -2.31. The van der Waals surface area contributed by atoms with Crippen LogP contribution in [-0.2, 0) is 16.1 Å². The third-order valence-electron chi connectivity index (χ3n) is 4.09. The Bertz CT molecular complexity index is 791. The lowest BCUT2D eigenvalue weighted by molar-refractivity contribution is -0.154. The van der Waals surface area contributed by atoms with Crippen molar-refractivity contribution < 1.29 is 24.2 Å². The molecule has 1 aromatic carbocycles. The molecule has 1 aliphatic rings. The van der Waals surface area contributed by atoms with Crippen LogP contribution in [0.2, 0.25) is 0 Å². The molecule has 1 fully saturated rings. The van der Waals surface area contributed by atoms with Gasteiger partial charge in [0, 0.05) is 17.8 Å². The van der Waals surface area contributed by atoms with Crippen molar-refractivity contribution >= 4 is 11.9 Å². The molecule has 0 spiro atoms. The number of aryl methyl sites for hydroxylation is 1. The second-order valence-electron chi connectivity index (χ2n) is 6.07. The molecule has 3 rings (SSSR count). The number of hydrogen-bond donors (Lipinski definition) is 1. The van der Waals surface area contributed by atoms with E-state index in [-0.39, 0.29) is 19.1 Å². The summed E-state index contributed by atoms with van der Waals surface area (Å²) in [7, 11) is 0. The van der Waals surface area contributed by atoms with E-state index in [1.165, 1.54) is 4.90 Å². The highest BCUT2D eigenvalue weighted by atomic mass is 16.5. The number of amides is 1. The van der Waals surface area contributed by atoms with E-state index in [0.29, 0.717) is 24.5 Å². The summed E-state index contributed by atoms with van der Waals surface area (Å²) in [6.45, 7) is 2.85. The molecule has 26 heavy (non-hydrogen) atoms. The van der Waals surface area contributed by atoms with E-state index in [1.807, 2.05) is 25.1 Å². The maximum Gasteiger partial charge on any atom is 0.334 e. The highest BCUT2D eigenvalue weighted by Crippen LogP contribution is 2.15. The van der Waals surface area contributed by atoms with Gasteiger partial charge in [0.05, 0.1) is 19.3 Å². The monoisotopic (exact) mass is 356 g/mol. The number of benzene rings is 1. The minimum Gasteiger partial charge on any atom is -0.487 e. The molecule has 1 amide bonds. The van der Waals surface area contributed by atoms with E-state index >= 15 is 0 Å². The molecule has 2 aromatic rings. The second-order valence-corrected chi connectivity index (χ2v) is 6.07. The smallest absolute Gasteiger partial charge is 0.334 e. The second kappa shape index (κ2) is 7.97. The average molecular weight is 356 g/mol. The van der Waals surface area contributed by atoms with Crippen LogP contribution in [0, 0.1) is 6.92 Å². The number of carboxylic acid groups (broad SMARTS) is 1. The van der Waals surface area contributed by atoms with Gasteiger partial charge in [-0.1, -0.05) is 12.1 Å². The zero-order valence-electron chi connectivity index (χ0n) is 14.4. The van der Waals surface area contributed by atoms with Gasteiger partial charge in [-0.15, -0.1) is 0 Å². The molecule has 7 heteroatoms. The van der Waals surface area contributed by atoms with Gasteiger partial charge in [0.25, 0.3) is 5.91 Å². The Morgan fingerprint density at radius 1 is 1.35 bits per heavy atom.